The van der Waals surface area contributed by atoms with E-state index in [9.17, 15) is 45.6 Å². The molecular weight excluding hydrogens is 931 g/mol. The Bertz CT molecular complexity index is 1410. The first-order chi connectivity index (χ1) is 35.6. The number of hydrogen-bond acceptors (Lipinski definition) is 13. The average molecular weight is 1040 g/mol. The Hall–Kier alpha value is -2.05. The molecule has 0 aromatic heterocycles. The van der Waals surface area contributed by atoms with Crippen molar-refractivity contribution in [2.24, 2.45) is 0 Å². The minimum absolute atomic E-state index is 0.257. The molecule has 12 atom stereocenters. The fourth-order valence-corrected chi connectivity index (χ4v) is 9.45. The van der Waals surface area contributed by atoms with E-state index in [1.54, 1.807) is 6.08 Å². The van der Waals surface area contributed by atoms with Crippen LogP contribution < -0.4 is 5.32 Å². The second kappa shape index (κ2) is 45.0. The van der Waals surface area contributed by atoms with Crippen LogP contribution in [-0.2, 0) is 23.7 Å². The van der Waals surface area contributed by atoms with Crippen molar-refractivity contribution in [3.8, 4) is 0 Å². The molecule has 2 aliphatic rings. The van der Waals surface area contributed by atoms with Crippen LogP contribution >= 0.6 is 0 Å². The van der Waals surface area contributed by atoms with Gasteiger partial charge in [-0.05, 0) is 64.2 Å². The van der Waals surface area contributed by atoms with Crippen LogP contribution in [0.1, 0.15) is 226 Å². The highest BCUT2D eigenvalue weighted by Crippen LogP contribution is 2.30. The van der Waals surface area contributed by atoms with Gasteiger partial charge in [0.1, 0.15) is 48.8 Å². The minimum atomic E-state index is -1.79. The van der Waals surface area contributed by atoms with Crippen LogP contribution in [-0.4, -0.2) is 140 Å². The zero-order chi connectivity index (χ0) is 53.2. The van der Waals surface area contributed by atoms with Gasteiger partial charge >= 0.3 is 0 Å². The van der Waals surface area contributed by atoms with Crippen LogP contribution in [0.4, 0.5) is 0 Å². The summed E-state index contributed by atoms with van der Waals surface area (Å²) >= 11 is 0. The van der Waals surface area contributed by atoms with Crippen molar-refractivity contribution in [3.63, 3.8) is 0 Å². The lowest BCUT2D eigenvalue weighted by Gasteiger charge is -2.46. The third-order valence-corrected chi connectivity index (χ3v) is 14.2. The molecular formula is C59H107NO13. The third-order valence-electron chi connectivity index (χ3n) is 14.2. The van der Waals surface area contributed by atoms with Crippen LogP contribution in [0.2, 0.25) is 0 Å². The highest BCUT2D eigenvalue weighted by molar-refractivity contribution is 5.76. The minimum Gasteiger partial charge on any atom is -0.394 e. The van der Waals surface area contributed by atoms with E-state index in [1.807, 2.05) is 6.08 Å². The topological polar surface area (TPSA) is 228 Å². The van der Waals surface area contributed by atoms with Gasteiger partial charge < -0.3 is 65.1 Å². The number of allylic oxidation sites excluding steroid dienone is 7. The van der Waals surface area contributed by atoms with E-state index in [0.29, 0.717) is 12.8 Å². The van der Waals surface area contributed by atoms with E-state index < -0.39 is 86.8 Å². The van der Waals surface area contributed by atoms with Gasteiger partial charge in [-0.25, -0.2) is 0 Å². The number of nitrogens with one attached hydrogen (secondary N) is 1. The van der Waals surface area contributed by atoms with Gasteiger partial charge in [0.2, 0.25) is 5.91 Å². The van der Waals surface area contributed by atoms with Crippen molar-refractivity contribution < 1.29 is 64.6 Å². The first kappa shape index (κ1) is 67.1. The molecule has 0 aromatic carbocycles. The first-order valence-corrected chi connectivity index (χ1v) is 29.4. The zero-order valence-corrected chi connectivity index (χ0v) is 45.6. The largest absolute Gasteiger partial charge is 0.394 e. The standard InChI is InChI=1S/C59H107NO13/c1-3-5-7-9-11-13-15-17-19-21-22-23-24-25-27-28-30-32-34-36-38-40-42-48(63)47(60-51(64)43-41-39-37-35-33-31-29-26-20-18-16-14-12-10-8-6-4-2)46-70-58-56(69)54(67)57(50(45-62)72-58)73-59-55(68)53(66)52(65)49(44-61)71-59/h12,14,18,20,32,34,40,42,47-50,52-59,61-63,65-69H,3-11,13,15-17,19,21-31,33,35-39,41,43-46H2,1-2H3,(H,60,64)/b14-12-,20-18-,34-32+,42-40+. The maximum atomic E-state index is 13.2. The van der Waals surface area contributed by atoms with Crippen LogP contribution in [0.3, 0.4) is 0 Å². The highest BCUT2D eigenvalue weighted by atomic mass is 16.7. The predicted octanol–water partition coefficient (Wildman–Crippen LogP) is 9.61. The van der Waals surface area contributed by atoms with E-state index in [-0.39, 0.29) is 18.9 Å². The second-order valence-corrected chi connectivity index (χ2v) is 20.8. The molecule has 73 heavy (non-hydrogen) atoms. The van der Waals surface area contributed by atoms with Gasteiger partial charge in [-0.3, -0.25) is 4.79 Å². The third kappa shape index (κ3) is 31.1. The smallest absolute Gasteiger partial charge is 0.220 e. The van der Waals surface area contributed by atoms with Gasteiger partial charge in [-0.1, -0.05) is 204 Å². The lowest BCUT2D eigenvalue weighted by Crippen LogP contribution is -2.65. The average Bonchev–Trinajstić information content (AvgIpc) is 3.39. The van der Waals surface area contributed by atoms with Crippen molar-refractivity contribution in [1.82, 2.24) is 5.32 Å². The summed E-state index contributed by atoms with van der Waals surface area (Å²) in [6.07, 6.45) is 38.6. The van der Waals surface area contributed by atoms with Crippen LogP contribution in [0.15, 0.2) is 48.6 Å². The molecule has 1 amide bonds. The van der Waals surface area contributed by atoms with Gasteiger partial charge in [0.05, 0.1) is 32.0 Å². The maximum absolute atomic E-state index is 13.2. The summed E-state index contributed by atoms with van der Waals surface area (Å²) in [6, 6.07) is -0.936. The zero-order valence-electron chi connectivity index (χ0n) is 45.6. The molecule has 2 rings (SSSR count). The van der Waals surface area contributed by atoms with Gasteiger partial charge in [0, 0.05) is 6.42 Å². The SMILES string of the molecule is CCCCC/C=C\C/C=C\CCCCCCCCCC(=O)NC(COC1OC(CO)C(OC2OC(CO)C(O)C(O)C2O)C(O)C1O)C(O)/C=C/CC/C=C/CCCCCCCCCCCCCCCCCC. The fourth-order valence-electron chi connectivity index (χ4n) is 9.45. The molecule has 0 saturated carbocycles. The van der Waals surface area contributed by atoms with Gasteiger partial charge in [0.15, 0.2) is 12.6 Å². The predicted molar refractivity (Wildman–Crippen MR) is 291 cm³/mol. The van der Waals surface area contributed by atoms with Crippen LogP contribution in [0.5, 0.6) is 0 Å². The summed E-state index contributed by atoms with van der Waals surface area (Å²) in [6.45, 7) is 2.76. The van der Waals surface area contributed by atoms with E-state index in [2.05, 4.69) is 55.6 Å². The van der Waals surface area contributed by atoms with Crippen molar-refractivity contribution in [1.29, 1.82) is 0 Å². The summed E-state index contributed by atoms with van der Waals surface area (Å²) in [7, 11) is 0. The molecule has 2 fully saturated rings. The van der Waals surface area contributed by atoms with Gasteiger partial charge in [-0.15, -0.1) is 0 Å². The monoisotopic (exact) mass is 1040 g/mol. The van der Waals surface area contributed by atoms with E-state index in [4.69, 9.17) is 18.9 Å². The van der Waals surface area contributed by atoms with Crippen molar-refractivity contribution >= 4 is 5.91 Å². The number of unbranched alkanes of at least 4 members (excludes halogenated alkanes) is 27. The summed E-state index contributed by atoms with van der Waals surface area (Å²) in [5.41, 5.74) is 0. The molecule has 0 bridgehead atoms. The number of amides is 1. The Morgan fingerprint density at radius 2 is 0.918 bits per heavy atom. The molecule has 9 N–H and O–H groups in total. The Balaban J connectivity index is 1.80. The molecule has 12 unspecified atom stereocenters. The Morgan fingerprint density at radius 1 is 0.493 bits per heavy atom. The molecule has 14 nitrogen and oxygen atoms in total. The number of carbonyl (C=O) groups excluding carboxylic acids is 1. The number of aliphatic hydroxyl groups is 8. The van der Waals surface area contributed by atoms with E-state index >= 15 is 0 Å². The fraction of sp³-hybridized carbons (Fsp3) is 0.847. The molecule has 2 saturated heterocycles. The molecule has 2 aliphatic heterocycles. The Kier molecular flexibility index (Phi) is 41.4. The highest BCUT2D eigenvalue weighted by Gasteiger charge is 2.51. The maximum Gasteiger partial charge on any atom is 0.220 e. The molecule has 426 valence electrons. The van der Waals surface area contributed by atoms with Gasteiger partial charge in [0.25, 0.3) is 0 Å². The lowest BCUT2D eigenvalue weighted by molar-refractivity contribution is -0.359. The van der Waals surface area contributed by atoms with Crippen LogP contribution in [0, 0.1) is 0 Å². The summed E-state index contributed by atoms with van der Waals surface area (Å²) < 4.78 is 22.7. The molecule has 0 radical (unpaired) electrons. The van der Waals surface area contributed by atoms with E-state index in [0.717, 1.165) is 51.4 Å². The first-order valence-electron chi connectivity index (χ1n) is 29.4. The number of carbonyl (C=O) groups is 1. The molecule has 14 heteroatoms. The van der Waals surface area contributed by atoms with Crippen molar-refractivity contribution in [2.75, 3.05) is 19.8 Å². The quantitative estimate of drug-likeness (QED) is 0.0205. The van der Waals surface area contributed by atoms with Crippen molar-refractivity contribution in [2.45, 2.75) is 299 Å². The van der Waals surface area contributed by atoms with Gasteiger partial charge in [-0.2, -0.15) is 0 Å². The molecule has 0 aliphatic carbocycles. The second-order valence-electron chi connectivity index (χ2n) is 20.8. The summed E-state index contributed by atoms with van der Waals surface area (Å²) in [5.74, 6) is -0.257. The molecule has 0 spiro atoms. The number of rotatable bonds is 46. The number of hydrogen-bond donors (Lipinski definition) is 9. The number of ether oxygens (including phenoxy) is 4. The molecule has 2 heterocycles. The number of aliphatic hydroxyl groups excluding tert-OH is 8. The Labute approximate surface area is 442 Å². The normalized spacial score (nSPS) is 25.7. The van der Waals surface area contributed by atoms with Crippen molar-refractivity contribution in [3.05, 3.63) is 48.6 Å². The summed E-state index contributed by atoms with van der Waals surface area (Å²) in [4.78, 5) is 13.2. The Morgan fingerprint density at radius 3 is 1.45 bits per heavy atom. The van der Waals surface area contributed by atoms with E-state index in [1.165, 1.54) is 141 Å². The summed E-state index contributed by atoms with van der Waals surface area (Å²) in [5, 5.41) is 87.0. The lowest BCUT2D eigenvalue weighted by atomic mass is 9.97. The molecule has 0 aromatic rings. The van der Waals surface area contributed by atoms with Crippen LogP contribution in [0.25, 0.3) is 0 Å².